The van der Waals surface area contributed by atoms with Crippen molar-refractivity contribution in [2.75, 3.05) is 39.8 Å². The average molecular weight is 370 g/mol. The van der Waals surface area contributed by atoms with E-state index in [0.29, 0.717) is 31.0 Å². The van der Waals surface area contributed by atoms with E-state index in [-0.39, 0.29) is 11.8 Å². The first-order valence-corrected chi connectivity index (χ1v) is 10.4. The Balaban J connectivity index is 1.36. The summed E-state index contributed by atoms with van der Waals surface area (Å²) in [5, 5.41) is 0. The summed E-state index contributed by atoms with van der Waals surface area (Å²) < 4.78 is 0. The Kier molecular flexibility index (Phi) is 5.22. The Bertz CT molecular complexity index is 711. The number of amides is 2. The number of fused-ring (bicyclic) bond motifs is 4. The van der Waals surface area contributed by atoms with Crippen molar-refractivity contribution < 1.29 is 9.59 Å². The Morgan fingerprint density at radius 2 is 1.67 bits per heavy atom. The third kappa shape index (κ3) is 3.75. The van der Waals surface area contributed by atoms with E-state index in [9.17, 15) is 9.59 Å². The minimum absolute atomic E-state index is 0.0775. The van der Waals surface area contributed by atoms with Gasteiger partial charge in [0.15, 0.2) is 0 Å². The van der Waals surface area contributed by atoms with Crippen LogP contribution in [-0.2, 0) is 4.79 Å². The first kappa shape index (κ1) is 18.5. The maximum Gasteiger partial charge on any atom is 0.254 e. The molecular weight excluding hydrogens is 338 g/mol. The molecule has 0 saturated carbocycles. The quantitative estimate of drug-likeness (QED) is 0.804. The highest BCUT2D eigenvalue weighted by Crippen LogP contribution is 2.29. The number of carbonyl (C=O) groups is 2. The molecule has 5 nitrogen and oxygen atoms in total. The second-order valence-electron chi connectivity index (χ2n) is 8.66. The van der Waals surface area contributed by atoms with Crippen molar-refractivity contribution in [2.24, 2.45) is 11.8 Å². The van der Waals surface area contributed by atoms with Crippen molar-refractivity contribution in [2.45, 2.75) is 38.6 Å². The molecule has 4 aliphatic rings. The normalized spacial score (nSPS) is 26.9. The number of nitrogens with zero attached hydrogens (tertiary/aromatic N) is 3. The van der Waals surface area contributed by atoms with Gasteiger partial charge in [0.1, 0.15) is 0 Å². The van der Waals surface area contributed by atoms with Gasteiger partial charge in [-0.3, -0.25) is 9.59 Å². The molecule has 5 rings (SSSR count). The third-order valence-corrected chi connectivity index (χ3v) is 6.81. The summed E-state index contributed by atoms with van der Waals surface area (Å²) in [5.74, 6) is 1.13. The van der Waals surface area contributed by atoms with Crippen LogP contribution in [0.2, 0.25) is 0 Å². The number of hydrogen-bond acceptors (Lipinski definition) is 3. The van der Waals surface area contributed by atoms with Gasteiger partial charge in [-0.15, -0.1) is 0 Å². The zero-order chi connectivity index (χ0) is 19.0. The van der Waals surface area contributed by atoms with Crippen molar-refractivity contribution in [1.29, 1.82) is 0 Å². The number of piperidine rings is 2. The monoisotopic (exact) mass is 369 g/mol. The fraction of sp³-hybridized carbons (Fsp3) is 0.636. The van der Waals surface area contributed by atoms with Crippen LogP contribution in [-0.4, -0.2) is 72.3 Å². The van der Waals surface area contributed by atoms with Crippen LogP contribution >= 0.6 is 0 Å². The molecule has 1 aromatic rings. The standard InChI is InChI=1S/C22H31N3O2/c1-16-5-3-4-6-20(16)22(27)24-11-9-18(10-12-24)21(26)25-14-17-7-8-19(15-25)23(2)13-17/h3-6,17-19H,7-15H2,1-2H3/t17-,19-/m1/s1. The molecule has 0 unspecified atom stereocenters. The van der Waals surface area contributed by atoms with Crippen molar-refractivity contribution in [3.8, 4) is 0 Å². The van der Waals surface area contributed by atoms with E-state index in [1.54, 1.807) is 0 Å². The van der Waals surface area contributed by atoms with Gasteiger partial charge in [0.2, 0.25) is 5.91 Å². The molecule has 1 aromatic carbocycles. The summed E-state index contributed by atoms with van der Waals surface area (Å²) in [4.78, 5) is 32.4. The van der Waals surface area contributed by atoms with Crippen molar-refractivity contribution in [3.63, 3.8) is 0 Å². The molecule has 0 aromatic heterocycles. The Labute approximate surface area is 162 Å². The SMILES string of the molecule is Cc1ccccc1C(=O)N1CCC(C(=O)N2C[C@@H]3CC[C@H](C2)N(C)C3)CC1. The van der Waals surface area contributed by atoms with Crippen LogP contribution in [0.1, 0.15) is 41.6 Å². The van der Waals surface area contributed by atoms with Crippen molar-refractivity contribution in [1.82, 2.24) is 14.7 Å². The molecule has 2 amide bonds. The Morgan fingerprint density at radius 1 is 0.926 bits per heavy atom. The molecule has 4 aliphatic heterocycles. The molecule has 4 saturated heterocycles. The molecule has 4 heterocycles. The summed E-state index contributed by atoms with van der Waals surface area (Å²) in [6.45, 7) is 6.27. The van der Waals surface area contributed by atoms with Crippen molar-refractivity contribution >= 4 is 11.8 Å². The summed E-state index contributed by atoms with van der Waals surface area (Å²) >= 11 is 0. The predicted octanol–water partition coefficient (Wildman–Crippen LogP) is 2.40. The summed E-state index contributed by atoms with van der Waals surface area (Å²) in [6.07, 6.45) is 4.05. The molecular formula is C22H31N3O2. The molecule has 2 bridgehead atoms. The average Bonchev–Trinajstić information content (AvgIpc) is 2.99. The van der Waals surface area contributed by atoms with Gasteiger partial charge in [-0.25, -0.2) is 0 Å². The molecule has 0 radical (unpaired) electrons. The molecule has 0 N–H and O–H groups in total. The first-order chi connectivity index (χ1) is 13.0. The zero-order valence-corrected chi connectivity index (χ0v) is 16.6. The van der Waals surface area contributed by atoms with E-state index in [4.69, 9.17) is 0 Å². The molecule has 146 valence electrons. The van der Waals surface area contributed by atoms with Crippen LogP contribution in [0.15, 0.2) is 24.3 Å². The van der Waals surface area contributed by atoms with E-state index >= 15 is 0 Å². The largest absolute Gasteiger partial charge is 0.341 e. The highest BCUT2D eigenvalue weighted by molar-refractivity contribution is 5.95. The third-order valence-electron chi connectivity index (χ3n) is 6.81. The van der Waals surface area contributed by atoms with Crippen LogP contribution in [0, 0.1) is 18.8 Å². The van der Waals surface area contributed by atoms with Gasteiger partial charge in [-0.1, -0.05) is 18.2 Å². The lowest BCUT2D eigenvalue weighted by atomic mass is 9.94. The van der Waals surface area contributed by atoms with Crippen LogP contribution in [0.4, 0.5) is 0 Å². The van der Waals surface area contributed by atoms with Gasteiger partial charge in [-0.05, 0) is 57.2 Å². The number of benzene rings is 1. The van der Waals surface area contributed by atoms with Crippen LogP contribution in [0.5, 0.6) is 0 Å². The van der Waals surface area contributed by atoms with Gasteiger partial charge < -0.3 is 14.7 Å². The van der Waals surface area contributed by atoms with E-state index in [2.05, 4.69) is 16.8 Å². The van der Waals surface area contributed by atoms with E-state index in [1.807, 2.05) is 36.1 Å². The Hall–Kier alpha value is -1.88. The van der Waals surface area contributed by atoms with Gasteiger partial charge in [0.25, 0.3) is 5.91 Å². The number of rotatable bonds is 2. The fourth-order valence-corrected chi connectivity index (χ4v) is 5.07. The van der Waals surface area contributed by atoms with Crippen molar-refractivity contribution in [3.05, 3.63) is 35.4 Å². The van der Waals surface area contributed by atoms with Gasteiger partial charge in [0.05, 0.1) is 0 Å². The molecule has 27 heavy (non-hydrogen) atoms. The number of aryl methyl sites for hydroxylation is 1. The van der Waals surface area contributed by atoms with Crippen LogP contribution in [0.25, 0.3) is 0 Å². The topological polar surface area (TPSA) is 43.9 Å². The highest BCUT2D eigenvalue weighted by atomic mass is 16.2. The summed E-state index contributed by atoms with van der Waals surface area (Å²) in [6, 6.07) is 8.28. The summed E-state index contributed by atoms with van der Waals surface area (Å²) in [7, 11) is 2.19. The molecule has 2 atom stereocenters. The predicted molar refractivity (Wildman–Crippen MR) is 106 cm³/mol. The van der Waals surface area contributed by atoms with Crippen LogP contribution < -0.4 is 0 Å². The van der Waals surface area contributed by atoms with E-state index < -0.39 is 0 Å². The van der Waals surface area contributed by atoms with E-state index in [1.165, 1.54) is 12.8 Å². The first-order valence-electron chi connectivity index (χ1n) is 10.4. The molecule has 5 heteroatoms. The smallest absolute Gasteiger partial charge is 0.254 e. The molecule has 4 fully saturated rings. The zero-order valence-electron chi connectivity index (χ0n) is 16.6. The highest BCUT2D eigenvalue weighted by Gasteiger charge is 2.37. The number of likely N-dealkylation sites (tertiary alicyclic amines) is 1. The lowest BCUT2D eigenvalue weighted by Gasteiger charge is -2.35. The van der Waals surface area contributed by atoms with Gasteiger partial charge in [-0.2, -0.15) is 0 Å². The number of carbonyl (C=O) groups excluding carboxylic acids is 2. The van der Waals surface area contributed by atoms with E-state index in [0.717, 1.165) is 43.6 Å². The second kappa shape index (κ2) is 7.63. The minimum Gasteiger partial charge on any atom is -0.341 e. The lowest BCUT2D eigenvalue weighted by molar-refractivity contribution is -0.137. The minimum atomic E-state index is 0.0775. The summed E-state index contributed by atoms with van der Waals surface area (Å²) in [5.41, 5.74) is 1.80. The second-order valence-corrected chi connectivity index (χ2v) is 8.66. The number of likely N-dealkylation sites (N-methyl/N-ethyl adjacent to an activating group) is 1. The number of hydrogen-bond donors (Lipinski definition) is 0. The lowest BCUT2D eigenvalue weighted by Crippen LogP contribution is -2.46. The fourth-order valence-electron chi connectivity index (χ4n) is 5.07. The maximum atomic E-state index is 13.1. The molecule has 0 aliphatic carbocycles. The van der Waals surface area contributed by atoms with Gasteiger partial charge >= 0.3 is 0 Å². The van der Waals surface area contributed by atoms with Gasteiger partial charge in [0, 0.05) is 50.2 Å². The maximum absolute atomic E-state index is 13.1. The Morgan fingerprint density at radius 3 is 2.37 bits per heavy atom. The van der Waals surface area contributed by atoms with Crippen LogP contribution in [0.3, 0.4) is 0 Å². The molecule has 0 spiro atoms.